The second-order valence-electron chi connectivity index (χ2n) is 15.7. The van der Waals surface area contributed by atoms with E-state index in [9.17, 15) is 20.3 Å². The normalized spacial score (nSPS) is 23.8. The third-order valence-electron chi connectivity index (χ3n) is 12.0. The number of allylic oxidation sites excluding steroid dienone is 1. The lowest BCUT2D eigenvalue weighted by Gasteiger charge is -2.60. The molecule has 1 saturated carbocycles. The second kappa shape index (κ2) is 19.7. The third kappa shape index (κ3) is 8.87. The molecule has 0 aromatic heterocycles. The van der Waals surface area contributed by atoms with E-state index >= 15 is 0 Å². The second-order valence-corrected chi connectivity index (χ2v) is 15.7. The molecule has 0 radical (unpaired) electrons. The maximum atomic E-state index is 14.8. The fourth-order valence-electron chi connectivity index (χ4n) is 9.26. The van der Waals surface area contributed by atoms with Crippen LogP contribution >= 0.6 is 0 Å². The van der Waals surface area contributed by atoms with Crippen molar-refractivity contribution < 1.29 is 34.1 Å². The molecule has 6 rings (SSSR count). The van der Waals surface area contributed by atoms with Crippen molar-refractivity contribution >= 4 is 11.6 Å². The molecule has 2 N–H and O–H groups in total. The largest absolute Gasteiger partial charge is 0.459 e. The van der Waals surface area contributed by atoms with Crippen LogP contribution in [0.1, 0.15) is 104 Å². The minimum Gasteiger partial charge on any atom is -0.459 e. The first-order valence-corrected chi connectivity index (χ1v) is 21.0. The molecule has 1 fully saturated rings. The van der Waals surface area contributed by atoms with E-state index < -0.39 is 17.7 Å². The molecule has 1 amide bonds. The molecule has 0 bridgehead atoms. The number of fused-ring (bicyclic) bond motifs is 2. The van der Waals surface area contributed by atoms with Crippen molar-refractivity contribution in [1.82, 2.24) is 4.90 Å². The molecule has 1 aliphatic heterocycles. The van der Waals surface area contributed by atoms with Crippen LogP contribution in [0.4, 0.5) is 0 Å². The Bertz CT molecular complexity index is 2000. The van der Waals surface area contributed by atoms with Crippen molar-refractivity contribution in [2.24, 2.45) is 22.9 Å². The summed E-state index contributed by atoms with van der Waals surface area (Å²) in [6, 6.07) is 20.4. The molecule has 308 valence electrons. The number of benzene rings is 3. The Morgan fingerprint density at radius 3 is 2.40 bits per heavy atom. The standard InChI is InChI=1S/C48H59N3O7/c1-6-23-51(47(54)35-18-16-34(31-49)17-19-35)44-30-42(50-56-8-3)40-28-36(13-9-11-24-52)39(14-10-12-25-53)45-41-29-38(57-37-20-15-32(4)33(5)27-37)21-22-43(41)58-48(44,46(40)45)55-26-7-2/h7,15-22,27-29,36,39,44-46,52-53H,2,6,8-14,23-26,30H2,1,3-5H3/t36-,39+,44-,45+,46+,48+/m0/s1. The van der Waals surface area contributed by atoms with E-state index in [1.807, 2.05) is 43.0 Å². The van der Waals surface area contributed by atoms with Gasteiger partial charge in [0.05, 0.1) is 29.9 Å². The topological polar surface area (TPSA) is 134 Å². The lowest BCUT2D eigenvalue weighted by atomic mass is 9.55. The molecular weight excluding hydrogens is 731 g/mol. The number of unbranched alkanes of at least 4 members (excludes halogenated alkanes) is 2. The van der Waals surface area contributed by atoms with Crippen LogP contribution in [-0.2, 0) is 9.57 Å². The SMILES string of the molecule is C=CCO[C@@]12Oc3ccc(Oc4ccc(C)c(C)c4)cc3[C@H]3[C@H](CCCCO)[C@@H](CCCCO)C=C(C(=NOCC)C[C@@H]1N(CCC)C(=O)c1ccc(C#N)cc1)[C@H]32. The van der Waals surface area contributed by atoms with Gasteiger partial charge in [0.1, 0.15) is 29.9 Å². The summed E-state index contributed by atoms with van der Waals surface area (Å²) in [5.74, 6) is 0.159. The van der Waals surface area contributed by atoms with Gasteiger partial charge in [0.15, 0.2) is 0 Å². The maximum absolute atomic E-state index is 14.8. The highest BCUT2D eigenvalue weighted by Crippen LogP contribution is 2.62. The maximum Gasteiger partial charge on any atom is 0.254 e. The van der Waals surface area contributed by atoms with Crippen molar-refractivity contribution in [3.8, 4) is 23.3 Å². The number of oxime groups is 1. The number of amides is 1. The third-order valence-corrected chi connectivity index (χ3v) is 12.0. The van der Waals surface area contributed by atoms with Crippen LogP contribution in [0, 0.1) is 42.9 Å². The lowest BCUT2D eigenvalue weighted by molar-refractivity contribution is -0.254. The molecule has 10 heteroatoms. The predicted molar refractivity (Wildman–Crippen MR) is 225 cm³/mol. The summed E-state index contributed by atoms with van der Waals surface area (Å²) in [5.41, 5.74) is 6.00. The quantitative estimate of drug-likeness (QED) is 0.0698. The molecule has 1 heterocycles. The Balaban J connectivity index is 1.59. The Morgan fingerprint density at radius 1 is 1.00 bits per heavy atom. The minimum absolute atomic E-state index is 0.0890. The number of aliphatic hydroxyl groups excluding tert-OH is 2. The number of nitrogens with zero attached hydrogens (tertiary/aromatic N) is 3. The van der Waals surface area contributed by atoms with Gasteiger partial charge in [-0.2, -0.15) is 5.26 Å². The molecular formula is C48H59N3O7. The van der Waals surface area contributed by atoms with E-state index in [4.69, 9.17) is 24.2 Å². The van der Waals surface area contributed by atoms with Gasteiger partial charge in [-0.25, -0.2) is 0 Å². The average Bonchev–Trinajstić information content (AvgIpc) is 3.24. The summed E-state index contributed by atoms with van der Waals surface area (Å²) in [5, 5.41) is 34.1. The summed E-state index contributed by atoms with van der Waals surface area (Å²) in [7, 11) is 0. The molecule has 0 saturated heterocycles. The van der Waals surface area contributed by atoms with Gasteiger partial charge < -0.3 is 34.2 Å². The number of aliphatic hydroxyl groups is 2. The Labute approximate surface area is 343 Å². The van der Waals surface area contributed by atoms with Crippen molar-refractivity contribution in [3.63, 3.8) is 0 Å². The molecule has 0 spiro atoms. The number of carbonyl (C=O) groups is 1. The highest BCUT2D eigenvalue weighted by molar-refractivity contribution is 6.03. The first-order valence-electron chi connectivity index (χ1n) is 21.0. The molecule has 0 unspecified atom stereocenters. The summed E-state index contributed by atoms with van der Waals surface area (Å²) in [6.07, 6.45) is 9.79. The van der Waals surface area contributed by atoms with Crippen LogP contribution < -0.4 is 9.47 Å². The zero-order chi connectivity index (χ0) is 41.2. The summed E-state index contributed by atoms with van der Waals surface area (Å²) in [4.78, 5) is 22.5. The Hall–Kier alpha value is -4.95. The fourth-order valence-corrected chi connectivity index (χ4v) is 9.26. The van der Waals surface area contributed by atoms with Gasteiger partial charge in [0.2, 0.25) is 5.79 Å². The van der Waals surface area contributed by atoms with Gasteiger partial charge in [0.25, 0.3) is 5.91 Å². The van der Waals surface area contributed by atoms with Crippen LogP contribution in [0.15, 0.2) is 90.1 Å². The van der Waals surface area contributed by atoms with E-state index in [2.05, 4.69) is 44.7 Å². The number of ether oxygens (including phenoxy) is 3. The first-order chi connectivity index (χ1) is 28.2. The number of carbonyl (C=O) groups excluding carboxylic acids is 1. The zero-order valence-electron chi connectivity index (χ0n) is 34.5. The van der Waals surface area contributed by atoms with Crippen LogP contribution in [0.3, 0.4) is 0 Å². The van der Waals surface area contributed by atoms with Gasteiger partial charge in [0, 0.05) is 43.2 Å². The van der Waals surface area contributed by atoms with Crippen molar-refractivity contribution in [3.05, 3.63) is 113 Å². The Morgan fingerprint density at radius 2 is 1.72 bits per heavy atom. The average molecular weight is 790 g/mol. The summed E-state index contributed by atoms with van der Waals surface area (Å²) in [6.45, 7) is 13.3. The predicted octanol–water partition coefficient (Wildman–Crippen LogP) is 9.17. The van der Waals surface area contributed by atoms with Gasteiger partial charge in [-0.15, -0.1) is 6.58 Å². The number of aryl methyl sites for hydroxylation is 2. The van der Waals surface area contributed by atoms with Gasteiger partial charge in [-0.05, 0) is 136 Å². The number of nitriles is 1. The minimum atomic E-state index is -1.36. The van der Waals surface area contributed by atoms with Gasteiger partial charge in [-0.3, -0.25) is 4.79 Å². The molecule has 3 aliphatic rings. The molecule has 2 aliphatic carbocycles. The highest BCUT2D eigenvalue weighted by Gasteiger charge is 2.65. The molecule has 6 atom stereocenters. The van der Waals surface area contributed by atoms with Crippen molar-refractivity contribution in [1.29, 1.82) is 5.26 Å². The smallest absolute Gasteiger partial charge is 0.254 e. The fraction of sp³-hybridized carbons (Fsp3) is 0.479. The monoisotopic (exact) mass is 789 g/mol. The van der Waals surface area contributed by atoms with Crippen molar-refractivity contribution in [2.45, 2.75) is 96.8 Å². The first kappa shape index (κ1) is 42.7. The van der Waals surface area contributed by atoms with E-state index in [0.717, 1.165) is 53.8 Å². The van der Waals surface area contributed by atoms with Crippen molar-refractivity contribution in [2.75, 3.05) is 33.0 Å². The number of hydrogen-bond acceptors (Lipinski definition) is 9. The van der Waals surface area contributed by atoms with Gasteiger partial charge >= 0.3 is 0 Å². The van der Waals surface area contributed by atoms with E-state index in [0.29, 0.717) is 61.5 Å². The lowest BCUT2D eigenvalue weighted by Crippen LogP contribution is -2.70. The van der Waals surface area contributed by atoms with Crippen LogP contribution in [-0.4, -0.2) is 71.5 Å². The number of rotatable bonds is 19. The summed E-state index contributed by atoms with van der Waals surface area (Å²) >= 11 is 0. The van der Waals surface area contributed by atoms with E-state index in [-0.39, 0.29) is 43.5 Å². The highest BCUT2D eigenvalue weighted by atomic mass is 16.7. The van der Waals surface area contributed by atoms with Gasteiger partial charge in [-0.1, -0.05) is 43.1 Å². The van der Waals surface area contributed by atoms with Crippen LogP contribution in [0.2, 0.25) is 0 Å². The van der Waals surface area contributed by atoms with Crippen LogP contribution in [0.5, 0.6) is 17.2 Å². The van der Waals surface area contributed by atoms with Crippen LogP contribution in [0.25, 0.3) is 0 Å². The van der Waals surface area contributed by atoms with E-state index in [1.165, 1.54) is 5.56 Å². The Kier molecular flexibility index (Phi) is 14.5. The molecule has 3 aromatic carbocycles. The summed E-state index contributed by atoms with van der Waals surface area (Å²) < 4.78 is 21.0. The number of hydrogen-bond donors (Lipinski definition) is 2. The zero-order valence-corrected chi connectivity index (χ0v) is 34.5. The molecule has 58 heavy (non-hydrogen) atoms. The van der Waals surface area contributed by atoms with E-state index in [1.54, 1.807) is 30.3 Å². The molecule has 10 nitrogen and oxygen atoms in total. The molecule has 3 aromatic rings.